The molecule has 0 saturated heterocycles. The molecular weight excluding hydrogens is 344 g/mol. The van der Waals surface area contributed by atoms with Crippen molar-refractivity contribution < 1.29 is 14.4 Å². The lowest BCUT2D eigenvalue weighted by molar-refractivity contribution is -0.136. The van der Waals surface area contributed by atoms with Crippen LogP contribution in [0.15, 0.2) is 33.3 Å². The lowest BCUT2D eigenvalue weighted by Crippen LogP contribution is -2.15. The first-order valence-electron chi connectivity index (χ1n) is 6.03. The Balaban J connectivity index is 2.04. The minimum Gasteiger partial charge on any atom is -0.480 e. The number of rotatable bonds is 6. The van der Waals surface area contributed by atoms with Gasteiger partial charge >= 0.3 is 5.97 Å². The van der Waals surface area contributed by atoms with E-state index in [0.717, 1.165) is 10.0 Å². The van der Waals surface area contributed by atoms with Crippen LogP contribution in [0.25, 0.3) is 11.4 Å². The predicted octanol–water partition coefficient (Wildman–Crippen LogP) is 3.60. The molecule has 0 bridgehead atoms. The van der Waals surface area contributed by atoms with Gasteiger partial charge in [-0.3, -0.25) is 4.79 Å². The second kappa shape index (κ2) is 6.90. The molecule has 2 rings (SSSR count). The zero-order valence-electron chi connectivity index (χ0n) is 10.7. The van der Waals surface area contributed by atoms with E-state index in [0.29, 0.717) is 23.9 Å². The molecule has 0 aliphatic carbocycles. The third-order valence-electron chi connectivity index (χ3n) is 2.61. The van der Waals surface area contributed by atoms with Crippen LogP contribution in [0.5, 0.6) is 0 Å². The van der Waals surface area contributed by atoms with Crippen molar-refractivity contribution in [2.45, 2.75) is 24.3 Å². The predicted molar refractivity (Wildman–Crippen MR) is 80.4 cm³/mol. The zero-order valence-corrected chi connectivity index (χ0v) is 13.1. The van der Waals surface area contributed by atoms with Gasteiger partial charge in [0.15, 0.2) is 0 Å². The number of carbonyl (C=O) groups is 1. The molecule has 1 aromatic carbocycles. The number of benzene rings is 1. The molecule has 20 heavy (non-hydrogen) atoms. The summed E-state index contributed by atoms with van der Waals surface area (Å²) in [6, 6.07) is 7.59. The maximum absolute atomic E-state index is 10.9. The fourth-order valence-electron chi connectivity index (χ4n) is 1.59. The smallest absolute Gasteiger partial charge is 0.316 e. The van der Waals surface area contributed by atoms with Crippen LogP contribution in [-0.4, -0.2) is 26.5 Å². The number of aliphatic carboxylic acids is 1. The van der Waals surface area contributed by atoms with Gasteiger partial charge in [0.1, 0.15) is 5.25 Å². The highest BCUT2D eigenvalue weighted by Gasteiger charge is 2.17. The van der Waals surface area contributed by atoms with E-state index in [1.165, 1.54) is 11.8 Å². The standard InChI is InChI=1S/C13H13BrN2O3S/c1-2-10(13(17)18)20-7-11-15-12(16-19-11)8-4-3-5-9(14)6-8/h3-6,10H,2,7H2,1H3,(H,17,18). The average molecular weight is 357 g/mol. The van der Waals surface area contributed by atoms with Gasteiger partial charge in [0, 0.05) is 10.0 Å². The van der Waals surface area contributed by atoms with E-state index in [-0.39, 0.29) is 0 Å². The molecule has 1 heterocycles. The first-order chi connectivity index (χ1) is 9.60. The highest BCUT2D eigenvalue weighted by atomic mass is 79.9. The van der Waals surface area contributed by atoms with Crippen LogP contribution in [0, 0.1) is 0 Å². The summed E-state index contributed by atoms with van der Waals surface area (Å²) in [6.07, 6.45) is 0.562. The molecule has 7 heteroatoms. The molecule has 0 aliphatic heterocycles. The average Bonchev–Trinajstić information content (AvgIpc) is 2.88. The summed E-state index contributed by atoms with van der Waals surface area (Å²) in [7, 11) is 0. The van der Waals surface area contributed by atoms with Crippen molar-refractivity contribution in [3.8, 4) is 11.4 Å². The van der Waals surface area contributed by atoms with E-state index in [4.69, 9.17) is 9.63 Å². The highest BCUT2D eigenvalue weighted by molar-refractivity contribution is 9.10. The first-order valence-corrected chi connectivity index (χ1v) is 7.87. The van der Waals surface area contributed by atoms with Crippen LogP contribution in [0.1, 0.15) is 19.2 Å². The van der Waals surface area contributed by atoms with E-state index in [9.17, 15) is 4.79 Å². The van der Waals surface area contributed by atoms with Crippen molar-refractivity contribution in [3.63, 3.8) is 0 Å². The van der Waals surface area contributed by atoms with Crippen LogP contribution in [0.2, 0.25) is 0 Å². The van der Waals surface area contributed by atoms with E-state index in [1.54, 1.807) is 0 Å². The second-order valence-corrected chi connectivity index (χ2v) is 6.17. The Morgan fingerprint density at radius 1 is 1.55 bits per heavy atom. The maximum Gasteiger partial charge on any atom is 0.316 e. The van der Waals surface area contributed by atoms with E-state index in [2.05, 4.69) is 26.1 Å². The third kappa shape index (κ3) is 3.83. The van der Waals surface area contributed by atoms with Crippen LogP contribution in [0.3, 0.4) is 0 Å². The molecule has 5 nitrogen and oxygen atoms in total. The third-order valence-corrected chi connectivity index (χ3v) is 4.45. The van der Waals surface area contributed by atoms with Gasteiger partial charge in [0.05, 0.1) is 5.75 Å². The number of nitrogens with zero attached hydrogens (tertiary/aromatic N) is 2. The lowest BCUT2D eigenvalue weighted by atomic mass is 10.2. The largest absolute Gasteiger partial charge is 0.480 e. The second-order valence-electron chi connectivity index (χ2n) is 4.07. The van der Waals surface area contributed by atoms with Crippen LogP contribution < -0.4 is 0 Å². The van der Waals surface area contributed by atoms with Gasteiger partial charge in [-0.2, -0.15) is 4.98 Å². The minimum absolute atomic E-state index is 0.395. The van der Waals surface area contributed by atoms with Gasteiger partial charge in [-0.15, -0.1) is 11.8 Å². The Hall–Kier alpha value is -1.34. The summed E-state index contributed by atoms with van der Waals surface area (Å²) in [6.45, 7) is 1.84. The molecule has 0 spiro atoms. The van der Waals surface area contributed by atoms with E-state index < -0.39 is 11.2 Å². The van der Waals surface area contributed by atoms with E-state index in [1.807, 2.05) is 31.2 Å². The van der Waals surface area contributed by atoms with Crippen LogP contribution >= 0.6 is 27.7 Å². The first kappa shape index (κ1) is 15.1. The van der Waals surface area contributed by atoms with Crippen molar-refractivity contribution >= 4 is 33.7 Å². The van der Waals surface area contributed by atoms with Crippen molar-refractivity contribution in [2.24, 2.45) is 0 Å². The van der Waals surface area contributed by atoms with Crippen molar-refractivity contribution in [1.82, 2.24) is 10.1 Å². The van der Waals surface area contributed by atoms with Gasteiger partial charge in [0.2, 0.25) is 11.7 Å². The molecule has 2 aromatic rings. The normalized spacial score (nSPS) is 12.3. The number of halogens is 1. The maximum atomic E-state index is 10.9. The number of thioether (sulfide) groups is 1. The van der Waals surface area contributed by atoms with Gasteiger partial charge < -0.3 is 9.63 Å². The minimum atomic E-state index is -0.816. The van der Waals surface area contributed by atoms with Crippen LogP contribution in [-0.2, 0) is 10.5 Å². The summed E-state index contributed by atoms with van der Waals surface area (Å²) in [5.41, 5.74) is 0.852. The summed E-state index contributed by atoms with van der Waals surface area (Å²) in [5.74, 6) is 0.519. The Morgan fingerprint density at radius 3 is 3.00 bits per heavy atom. The highest BCUT2D eigenvalue weighted by Crippen LogP contribution is 2.23. The van der Waals surface area contributed by atoms with Crippen molar-refractivity contribution in [3.05, 3.63) is 34.6 Å². The lowest BCUT2D eigenvalue weighted by Gasteiger charge is -2.06. The quantitative estimate of drug-likeness (QED) is 0.851. The van der Waals surface area contributed by atoms with Crippen molar-refractivity contribution in [2.75, 3.05) is 0 Å². The molecule has 106 valence electrons. The molecule has 0 amide bonds. The topological polar surface area (TPSA) is 76.2 Å². The molecule has 1 atom stereocenters. The molecule has 1 N–H and O–H groups in total. The molecule has 0 radical (unpaired) electrons. The number of carboxylic acids is 1. The number of aromatic nitrogens is 2. The molecular formula is C13H13BrN2O3S. The Bertz CT molecular complexity index is 603. The number of hydrogen-bond acceptors (Lipinski definition) is 5. The van der Waals surface area contributed by atoms with Crippen molar-refractivity contribution in [1.29, 1.82) is 0 Å². The summed E-state index contributed by atoms with van der Waals surface area (Å²) >= 11 is 4.68. The zero-order chi connectivity index (χ0) is 14.5. The van der Waals surface area contributed by atoms with Gasteiger partial charge in [0.25, 0.3) is 0 Å². The number of hydrogen-bond donors (Lipinski definition) is 1. The molecule has 0 aliphatic rings. The molecule has 0 fully saturated rings. The Labute approximate surface area is 128 Å². The van der Waals surface area contributed by atoms with Gasteiger partial charge in [-0.25, -0.2) is 0 Å². The van der Waals surface area contributed by atoms with E-state index >= 15 is 0 Å². The molecule has 1 unspecified atom stereocenters. The summed E-state index contributed by atoms with van der Waals surface area (Å²) in [5, 5.41) is 12.4. The molecule has 1 aromatic heterocycles. The fraction of sp³-hybridized carbons (Fsp3) is 0.308. The van der Waals surface area contributed by atoms with Gasteiger partial charge in [-0.1, -0.05) is 40.1 Å². The molecule has 0 saturated carbocycles. The Kier molecular flexibility index (Phi) is 5.19. The van der Waals surface area contributed by atoms with Gasteiger partial charge in [-0.05, 0) is 18.6 Å². The fourth-order valence-corrected chi connectivity index (χ4v) is 2.83. The van der Waals surface area contributed by atoms with Crippen LogP contribution in [0.4, 0.5) is 0 Å². The Morgan fingerprint density at radius 2 is 2.35 bits per heavy atom. The summed E-state index contributed by atoms with van der Waals surface area (Å²) < 4.78 is 6.08. The SMILES string of the molecule is CCC(SCc1nc(-c2cccc(Br)c2)no1)C(=O)O. The number of carboxylic acid groups (broad SMARTS) is 1. The summed E-state index contributed by atoms with van der Waals surface area (Å²) in [4.78, 5) is 15.2. The monoisotopic (exact) mass is 356 g/mol.